The fourth-order valence-electron chi connectivity index (χ4n) is 2.14. The summed E-state index contributed by atoms with van der Waals surface area (Å²) in [5.74, 6) is -0.899. The van der Waals surface area contributed by atoms with Crippen molar-refractivity contribution in [3.63, 3.8) is 0 Å². The largest absolute Gasteiger partial charge is 0.368 e. The van der Waals surface area contributed by atoms with Gasteiger partial charge in [-0.3, -0.25) is 19.9 Å². The molecule has 3 N–H and O–H groups in total. The van der Waals surface area contributed by atoms with Crippen LogP contribution in [0.25, 0.3) is 0 Å². The van der Waals surface area contributed by atoms with E-state index < -0.39 is 11.9 Å². The third kappa shape index (κ3) is 2.82. The zero-order valence-electron chi connectivity index (χ0n) is 11.5. The molecule has 0 saturated heterocycles. The molecule has 2 amide bonds. The number of anilines is 2. The van der Waals surface area contributed by atoms with Crippen molar-refractivity contribution < 1.29 is 9.59 Å². The molecule has 7 nitrogen and oxygen atoms in total. The van der Waals surface area contributed by atoms with Gasteiger partial charge in [-0.2, -0.15) is 5.10 Å². The topological polar surface area (TPSA) is 101 Å². The first-order valence-electron chi connectivity index (χ1n) is 6.57. The Hall–Kier alpha value is -2.74. The Morgan fingerprint density at radius 1 is 1.32 bits per heavy atom. The summed E-state index contributed by atoms with van der Waals surface area (Å²) >= 11 is 1.31. The van der Waals surface area contributed by atoms with E-state index in [2.05, 4.69) is 15.4 Å². The number of primary amides is 1. The summed E-state index contributed by atoms with van der Waals surface area (Å²) in [6.45, 7) is 0. The van der Waals surface area contributed by atoms with Crippen molar-refractivity contribution in [2.45, 2.75) is 12.5 Å². The van der Waals surface area contributed by atoms with Gasteiger partial charge in [0.05, 0.1) is 5.69 Å². The number of nitrogens with zero attached hydrogens (tertiary/aromatic N) is 3. The highest BCUT2D eigenvalue weighted by Crippen LogP contribution is 2.24. The zero-order chi connectivity index (χ0) is 15.5. The van der Waals surface area contributed by atoms with E-state index in [1.807, 2.05) is 18.2 Å². The molecule has 0 saturated carbocycles. The number of nitrogens with one attached hydrogen (secondary N) is 1. The Kier molecular flexibility index (Phi) is 3.84. The molecule has 0 aliphatic carbocycles. The summed E-state index contributed by atoms with van der Waals surface area (Å²) < 4.78 is 0. The SMILES string of the molecule is NC(=O)[C@@H]1CC(C(=O)Nc2nccs2)=NN1c1ccccc1. The van der Waals surface area contributed by atoms with E-state index >= 15 is 0 Å². The molecule has 0 unspecified atom stereocenters. The van der Waals surface area contributed by atoms with Crippen molar-refractivity contribution in [1.29, 1.82) is 0 Å². The number of aromatic nitrogens is 1. The van der Waals surface area contributed by atoms with Crippen molar-refractivity contribution in [2.24, 2.45) is 10.8 Å². The minimum absolute atomic E-state index is 0.168. The molecule has 0 bridgehead atoms. The number of rotatable bonds is 4. The highest BCUT2D eigenvalue weighted by molar-refractivity contribution is 7.13. The van der Waals surface area contributed by atoms with E-state index in [1.165, 1.54) is 16.3 Å². The van der Waals surface area contributed by atoms with Crippen molar-refractivity contribution in [3.05, 3.63) is 41.9 Å². The summed E-state index contributed by atoms with van der Waals surface area (Å²) in [4.78, 5) is 27.8. The quantitative estimate of drug-likeness (QED) is 0.885. The second-order valence-electron chi connectivity index (χ2n) is 4.64. The molecule has 0 fully saturated rings. The second-order valence-corrected chi connectivity index (χ2v) is 5.54. The molecule has 8 heteroatoms. The lowest BCUT2D eigenvalue weighted by Crippen LogP contribution is -2.39. The Balaban J connectivity index is 1.83. The molecule has 1 aromatic heterocycles. The van der Waals surface area contributed by atoms with Crippen LogP contribution >= 0.6 is 11.3 Å². The lowest BCUT2D eigenvalue weighted by Gasteiger charge is -2.20. The van der Waals surface area contributed by atoms with E-state index in [4.69, 9.17) is 5.73 Å². The Morgan fingerprint density at radius 3 is 2.73 bits per heavy atom. The molecule has 1 atom stereocenters. The van der Waals surface area contributed by atoms with Crippen LogP contribution in [0.15, 0.2) is 47.0 Å². The molecule has 1 aromatic carbocycles. The van der Waals surface area contributed by atoms with Gasteiger partial charge in [-0.1, -0.05) is 18.2 Å². The standard InChI is InChI=1S/C14H13N5O2S/c15-12(20)11-8-10(13(21)17-14-16-6-7-22-14)18-19(11)9-4-2-1-3-5-9/h1-7,11H,8H2,(H2,15,20)(H,16,17,21)/t11-/m0/s1. The number of benzene rings is 1. The summed E-state index contributed by atoms with van der Waals surface area (Å²) in [6, 6.07) is 8.47. The third-order valence-electron chi connectivity index (χ3n) is 3.17. The van der Waals surface area contributed by atoms with Crippen LogP contribution in [-0.4, -0.2) is 28.6 Å². The number of hydrazone groups is 1. The number of amides is 2. The predicted molar refractivity (Wildman–Crippen MR) is 84.7 cm³/mol. The number of nitrogens with two attached hydrogens (primary N) is 1. The molecule has 2 aromatic rings. The van der Waals surface area contributed by atoms with Crippen LogP contribution in [0.1, 0.15) is 6.42 Å². The van der Waals surface area contributed by atoms with Crippen LogP contribution in [-0.2, 0) is 9.59 Å². The van der Waals surface area contributed by atoms with Crippen LogP contribution in [0.4, 0.5) is 10.8 Å². The maximum absolute atomic E-state index is 12.2. The average Bonchev–Trinajstić information content (AvgIpc) is 3.17. The second kappa shape index (κ2) is 5.94. The third-order valence-corrected chi connectivity index (χ3v) is 3.86. The monoisotopic (exact) mass is 315 g/mol. The molecule has 0 spiro atoms. The highest BCUT2D eigenvalue weighted by atomic mass is 32.1. The van der Waals surface area contributed by atoms with Gasteiger partial charge >= 0.3 is 0 Å². The Bertz CT molecular complexity index is 714. The van der Waals surface area contributed by atoms with Gasteiger partial charge in [-0.15, -0.1) is 11.3 Å². The number of carbonyl (C=O) groups excluding carboxylic acids is 2. The lowest BCUT2D eigenvalue weighted by atomic mass is 10.1. The summed E-state index contributed by atoms with van der Waals surface area (Å²) in [7, 11) is 0. The van der Waals surface area contributed by atoms with Gasteiger partial charge in [0.15, 0.2) is 5.13 Å². The average molecular weight is 315 g/mol. The summed E-state index contributed by atoms with van der Waals surface area (Å²) in [5, 5.41) is 10.6. The fraction of sp³-hybridized carbons (Fsp3) is 0.143. The maximum atomic E-state index is 12.2. The van der Waals surface area contributed by atoms with Crippen LogP contribution in [0.3, 0.4) is 0 Å². The number of thiazole rings is 1. The predicted octanol–water partition coefficient (Wildman–Crippen LogP) is 1.20. The Morgan fingerprint density at radius 2 is 2.09 bits per heavy atom. The Labute approximate surface area is 130 Å². The summed E-state index contributed by atoms with van der Waals surface area (Å²) in [5.41, 5.74) is 6.39. The van der Waals surface area contributed by atoms with Crippen LogP contribution < -0.4 is 16.1 Å². The van der Waals surface area contributed by atoms with E-state index in [0.29, 0.717) is 10.8 Å². The van der Waals surface area contributed by atoms with Gasteiger partial charge in [0.1, 0.15) is 11.8 Å². The van der Waals surface area contributed by atoms with Gasteiger partial charge < -0.3 is 5.73 Å². The smallest absolute Gasteiger partial charge is 0.273 e. The first-order valence-corrected chi connectivity index (χ1v) is 7.45. The maximum Gasteiger partial charge on any atom is 0.273 e. The molecule has 3 rings (SSSR count). The molecule has 1 aliphatic rings. The normalized spacial score (nSPS) is 17.2. The molecular formula is C14H13N5O2S. The molecule has 22 heavy (non-hydrogen) atoms. The minimum atomic E-state index is -0.667. The van der Waals surface area contributed by atoms with Crippen molar-refractivity contribution in [2.75, 3.05) is 10.3 Å². The molecule has 0 radical (unpaired) electrons. The van der Waals surface area contributed by atoms with E-state index in [-0.39, 0.29) is 18.0 Å². The van der Waals surface area contributed by atoms with E-state index in [9.17, 15) is 9.59 Å². The van der Waals surface area contributed by atoms with Gasteiger partial charge in [0.25, 0.3) is 5.91 Å². The lowest BCUT2D eigenvalue weighted by molar-refractivity contribution is -0.119. The van der Waals surface area contributed by atoms with Gasteiger partial charge in [-0.05, 0) is 12.1 Å². The van der Waals surface area contributed by atoms with Crippen molar-refractivity contribution >= 4 is 39.7 Å². The van der Waals surface area contributed by atoms with Crippen LogP contribution in [0.2, 0.25) is 0 Å². The molecular weight excluding hydrogens is 302 g/mol. The zero-order valence-corrected chi connectivity index (χ0v) is 12.3. The molecule has 1 aliphatic heterocycles. The first kappa shape index (κ1) is 14.2. The number of carbonyl (C=O) groups is 2. The van der Waals surface area contributed by atoms with Crippen molar-refractivity contribution in [1.82, 2.24) is 4.98 Å². The summed E-state index contributed by atoms with van der Waals surface area (Å²) in [6.07, 6.45) is 1.76. The van der Waals surface area contributed by atoms with Crippen LogP contribution in [0, 0.1) is 0 Å². The highest BCUT2D eigenvalue weighted by Gasteiger charge is 2.35. The van der Waals surface area contributed by atoms with Gasteiger partial charge in [0.2, 0.25) is 5.91 Å². The van der Waals surface area contributed by atoms with Gasteiger partial charge in [-0.25, -0.2) is 4.98 Å². The number of hydrogen-bond donors (Lipinski definition) is 2. The minimum Gasteiger partial charge on any atom is -0.368 e. The van der Waals surface area contributed by atoms with Gasteiger partial charge in [0, 0.05) is 18.0 Å². The molecule has 2 heterocycles. The first-order chi connectivity index (χ1) is 10.6. The fourth-order valence-corrected chi connectivity index (χ4v) is 2.67. The number of hydrogen-bond acceptors (Lipinski definition) is 6. The molecule has 112 valence electrons. The number of para-hydroxylation sites is 1. The van der Waals surface area contributed by atoms with Crippen LogP contribution in [0.5, 0.6) is 0 Å². The van der Waals surface area contributed by atoms with E-state index in [0.717, 1.165) is 0 Å². The van der Waals surface area contributed by atoms with E-state index in [1.54, 1.807) is 23.7 Å². The van der Waals surface area contributed by atoms with Crippen molar-refractivity contribution in [3.8, 4) is 0 Å².